The molecular formula is C13H21N3O2. The quantitative estimate of drug-likeness (QED) is 0.718. The van der Waals surface area contributed by atoms with E-state index in [1.54, 1.807) is 10.6 Å². The smallest absolute Gasteiger partial charge is 0.218 e. The molecule has 0 spiro atoms. The number of hydrogen-bond acceptors (Lipinski definition) is 4. The van der Waals surface area contributed by atoms with Crippen LogP contribution >= 0.6 is 0 Å². The highest BCUT2D eigenvalue weighted by Crippen LogP contribution is 2.26. The maximum absolute atomic E-state index is 9.06. The van der Waals surface area contributed by atoms with Gasteiger partial charge in [0.2, 0.25) is 5.88 Å². The van der Waals surface area contributed by atoms with Crippen molar-refractivity contribution in [2.24, 2.45) is 0 Å². The van der Waals surface area contributed by atoms with E-state index in [4.69, 9.17) is 20.5 Å². The van der Waals surface area contributed by atoms with E-state index in [0.717, 1.165) is 12.8 Å². The van der Waals surface area contributed by atoms with Gasteiger partial charge in [0.25, 0.3) is 0 Å². The molecule has 5 nitrogen and oxygen atoms in total. The largest absolute Gasteiger partial charge is 0.477 e. The molecule has 0 saturated carbocycles. The zero-order chi connectivity index (χ0) is 13.4. The first-order chi connectivity index (χ1) is 8.74. The van der Waals surface area contributed by atoms with Crippen molar-refractivity contribution < 1.29 is 9.47 Å². The summed E-state index contributed by atoms with van der Waals surface area (Å²) in [4.78, 5) is 0. The fourth-order valence-corrected chi connectivity index (χ4v) is 1.64. The van der Waals surface area contributed by atoms with E-state index in [9.17, 15) is 0 Å². The molecule has 100 valence electrons. The molecule has 5 heteroatoms. The first-order valence-corrected chi connectivity index (χ1v) is 6.34. The van der Waals surface area contributed by atoms with Crippen molar-refractivity contribution in [2.45, 2.75) is 33.2 Å². The molecule has 2 N–H and O–H groups in total. The monoisotopic (exact) mass is 251 g/mol. The van der Waals surface area contributed by atoms with Gasteiger partial charge >= 0.3 is 0 Å². The Bertz CT molecular complexity index is 407. The Morgan fingerprint density at radius 3 is 2.78 bits per heavy atom. The summed E-state index contributed by atoms with van der Waals surface area (Å²) in [5.74, 6) is 0.583. The van der Waals surface area contributed by atoms with Gasteiger partial charge in [-0.15, -0.1) is 0 Å². The Kier molecular flexibility index (Phi) is 6.09. The molecule has 0 saturated heterocycles. The molecule has 0 radical (unpaired) electrons. The lowest BCUT2D eigenvalue weighted by Gasteiger charge is -2.12. The van der Waals surface area contributed by atoms with Crippen molar-refractivity contribution >= 4 is 5.69 Å². The number of nitriles is 1. The molecule has 0 fully saturated rings. The Morgan fingerprint density at radius 2 is 2.17 bits per heavy atom. The van der Waals surface area contributed by atoms with Gasteiger partial charge in [-0.1, -0.05) is 13.3 Å². The standard InChI is InChI=1S/C13H21N3O2/c1-3-5-7-18-13-12(15)9-11(10-14)16(13)6-8-17-4-2/h9H,3-8,15H2,1-2H3. The zero-order valence-corrected chi connectivity index (χ0v) is 11.1. The molecule has 0 aliphatic rings. The average Bonchev–Trinajstić information content (AvgIpc) is 2.67. The van der Waals surface area contributed by atoms with E-state index in [0.29, 0.717) is 43.6 Å². The van der Waals surface area contributed by atoms with Crippen molar-refractivity contribution in [2.75, 3.05) is 25.6 Å². The summed E-state index contributed by atoms with van der Waals surface area (Å²) in [7, 11) is 0. The maximum atomic E-state index is 9.06. The molecule has 0 unspecified atom stereocenters. The van der Waals surface area contributed by atoms with Crippen LogP contribution in [-0.2, 0) is 11.3 Å². The van der Waals surface area contributed by atoms with Gasteiger partial charge in [0.05, 0.1) is 25.4 Å². The minimum absolute atomic E-state index is 0.513. The summed E-state index contributed by atoms with van der Waals surface area (Å²) in [5.41, 5.74) is 6.89. The number of unbranched alkanes of at least 4 members (excludes halogenated alkanes) is 1. The number of anilines is 1. The number of nitrogens with zero attached hydrogens (tertiary/aromatic N) is 2. The number of nitrogen functional groups attached to an aromatic ring is 1. The lowest BCUT2D eigenvalue weighted by atomic mass is 10.4. The van der Waals surface area contributed by atoms with Crippen LogP contribution in [0.25, 0.3) is 0 Å². The Morgan fingerprint density at radius 1 is 1.39 bits per heavy atom. The van der Waals surface area contributed by atoms with Gasteiger partial charge in [-0.25, -0.2) is 0 Å². The van der Waals surface area contributed by atoms with Gasteiger partial charge < -0.3 is 15.2 Å². The molecule has 0 aromatic carbocycles. The highest BCUT2D eigenvalue weighted by atomic mass is 16.5. The lowest BCUT2D eigenvalue weighted by Crippen LogP contribution is -2.11. The lowest BCUT2D eigenvalue weighted by molar-refractivity contribution is 0.135. The summed E-state index contributed by atoms with van der Waals surface area (Å²) < 4.78 is 12.7. The van der Waals surface area contributed by atoms with E-state index < -0.39 is 0 Å². The van der Waals surface area contributed by atoms with Crippen molar-refractivity contribution in [1.82, 2.24) is 4.57 Å². The number of aromatic nitrogens is 1. The van der Waals surface area contributed by atoms with Crippen LogP contribution in [0.5, 0.6) is 5.88 Å². The number of nitrogens with two attached hydrogens (primary N) is 1. The second kappa shape index (κ2) is 7.62. The SMILES string of the molecule is CCCCOc1c(N)cc(C#N)n1CCOCC. The van der Waals surface area contributed by atoms with Gasteiger partial charge in [0.15, 0.2) is 0 Å². The van der Waals surface area contributed by atoms with Crippen LogP contribution in [0.4, 0.5) is 5.69 Å². The predicted molar refractivity (Wildman–Crippen MR) is 70.5 cm³/mol. The summed E-state index contributed by atoms with van der Waals surface area (Å²) >= 11 is 0. The molecule has 0 amide bonds. The van der Waals surface area contributed by atoms with Gasteiger partial charge in [-0.3, -0.25) is 4.57 Å². The van der Waals surface area contributed by atoms with Crippen LogP contribution < -0.4 is 10.5 Å². The van der Waals surface area contributed by atoms with Gasteiger partial charge in [0, 0.05) is 12.7 Å². The number of ether oxygens (including phenoxy) is 2. The molecule has 1 heterocycles. The molecule has 0 bridgehead atoms. The van der Waals surface area contributed by atoms with Crippen LogP contribution in [0, 0.1) is 11.3 Å². The minimum atomic E-state index is 0.513. The molecular weight excluding hydrogens is 230 g/mol. The van der Waals surface area contributed by atoms with Crippen molar-refractivity contribution in [3.63, 3.8) is 0 Å². The van der Waals surface area contributed by atoms with Crippen LogP contribution in [0.3, 0.4) is 0 Å². The maximum Gasteiger partial charge on any atom is 0.218 e. The molecule has 0 aliphatic carbocycles. The Labute approximate surface area is 108 Å². The molecule has 18 heavy (non-hydrogen) atoms. The molecule has 1 rings (SSSR count). The van der Waals surface area contributed by atoms with Crippen LogP contribution in [0.1, 0.15) is 32.4 Å². The van der Waals surface area contributed by atoms with E-state index in [1.807, 2.05) is 6.92 Å². The second-order valence-electron chi connectivity index (χ2n) is 3.95. The fraction of sp³-hybridized carbons (Fsp3) is 0.615. The van der Waals surface area contributed by atoms with E-state index in [-0.39, 0.29) is 0 Å². The van der Waals surface area contributed by atoms with Crippen LogP contribution in [-0.4, -0.2) is 24.4 Å². The highest BCUT2D eigenvalue weighted by Gasteiger charge is 2.14. The predicted octanol–water partition coefficient (Wildman–Crippen LogP) is 2.16. The average molecular weight is 251 g/mol. The first kappa shape index (κ1) is 14.4. The third-order valence-electron chi connectivity index (χ3n) is 2.59. The normalized spacial score (nSPS) is 10.3. The molecule has 0 aliphatic heterocycles. The third-order valence-corrected chi connectivity index (χ3v) is 2.59. The Balaban J connectivity index is 2.78. The van der Waals surface area contributed by atoms with Gasteiger partial charge in [-0.05, 0) is 13.3 Å². The second-order valence-corrected chi connectivity index (χ2v) is 3.95. The van der Waals surface area contributed by atoms with Crippen molar-refractivity contribution in [3.8, 4) is 11.9 Å². The van der Waals surface area contributed by atoms with E-state index in [1.165, 1.54) is 0 Å². The van der Waals surface area contributed by atoms with E-state index >= 15 is 0 Å². The van der Waals surface area contributed by atoms with Crippen molar-refractivity contribution in [3.05, 3.63) is 11.8 Å². The highest BCUT2D eigenvalue weighted by molar-refractivity contribution is 5.55. The van der Waals surface area contributed by atoms with Gasteiger partial charge in [-0.2, -0.15) is 5.26 Å². The molecule has 1 aromatic heterocycles. The van der Waals surface area contributed by atoms with E-state index in [2.05, 4.69) is 13.0 Å². The summed E-state index contributed by atoms with van der Waals surface area (Å²) in [5, 5.41) is 9.06. The zero-order valence-electron chi connectivity index (χ0n) is 11.1. The number of hydrogen-bond donors (Lipinski definition) is 1. The topological polar surface area (TPSA) is 73.2 Å². The van der Waals surface area contributed by atoms with Crippen LogP contribution in [0.2, 0.25) is 0 Å². The minimum Gasteiger partial charge on any atom is -0.477 e. The first-order valence-electron chi connectivity index (χ1n) is 6.34. The fourth-order valence-electron chi connectivity index (χ4n) is 1.64. The summed E-state index contributed by atoms with van der Waals surface area (Å²) in [6.45, 7) is 6.43. The van der Waals surface area contributed by atoms with Crippen LogP contribution in [0.15, 0.2) is 6.07 Å². The molecule has 0 atom stereocenters. The Hall–Kier alpha value is -1.67. The molecule has 1 aromatic rings. The van der Waals surface area contributed by atoms with Crippen molar-refractivity contribution in [1.29, 1.82) is 5.26 Å². The summed E-state index contributed by atoms with van der Waals surface area (Å²) in [6, 6.07) is 3.77. The summed E-state index contributed by atoms with van der Waals surface area (Å²) in [6.07, 6.45) is 2.03. The third kappa shape index (κ3) is 3.67. The number of rotatable bonds is 8. The van der Waals surface area contributed by atoms with Gasteiger partial charge in [0.1, 0.15) is 11.8 Å².